The summed E-state index contributed by atoms with van der Waals surface area (Å²) in [5, 5.41) is 10.2. The Bertz CT molecular complexity index is 2800. The fourth-order valence-electron chi connectivity index (χ4n) is 7.35. The molecule has 0 N–H and O–H groups in total. The van der Waals surface area contributed by atoms with Crippen LogP contribution in [-0.2, 0) is 0 Å². The highest BCUT2D eigenvalue weighted by molar-refractivity contribution is 6.29. The molecule has 10 aromatic rings. The molecule has 0 aliphatic carbocycles. The number of aromatic nitrogens is 4. The highest BCUT2D eigenvalue weighted by Gasteiger charge is 2.17. The molecule has 2 heterocycles. The number of rotatable bonds is 4. The fourth-order valence-corrected chi connectivity index (χ4v) is 7.35. The lowest BCUT2D eigenvalue weighted by molar-refractivity contribution is 1.07. The number of hydrogen-bond donors (Lipinski definition) is 0. The summed E-state index contributed by atoms with van der Waals surface area (Å²) >= 11 is 0. The molecule has 0 aliphatic heterocycles. The summed E-state index contributed by atoms with van der Waals surface area (Å²) in [4.78, 5) is 14.7. The standard InChI is InChI=1S/C45H28N4/c1-3-12-31(13-4-1)43-46-44(32-14-5-2-6-15-32)48-45(47-43)33-21-24-34(25-22-33)49-39-18-10-9-17-38(39)42-37-26-23-30-20-19-29-11-7-8-16-35(29)41(30)36(37)27-28-40(42)49/h1-28H. The van der Waals surface area contributed by atoms with Crippen molar-refractivity contribution in [1.29, 1.82) is 0 Å². The van der Waals surface area contributed by atoms with E-state index in [1.807, 2.05) is 60.7 Å². The van der Waals surface area contributed by atoms with Crippen LogP contribution in [0.25, 0.3) is 94.0 Å². The Morgan fingerprint density at radius 1 is 0.306 bits per heavy atom. The lowest BCUT2D eigenvalue weighted by Gasteiger charge is -2.12. The first-order chi connectivity index (χ1) is 24.3. The van der Waals surface area contributed by atoms with Gasteiger partial charge in [-0.15, -0.1) is 0 Å². The third kappa shape index (κ3) is 4.42. The number of para-hydroxylation sites is 1. The molecular formula is C45H28N4. The van der Waals surface area contributed by atoms with E-state index in [9.17, 15) is 0 Å². The van der Waals surface area contributed by atoms with E-state index in [0.29, 0.717) is 17.5 Å². The first-order valence-corrected chi connectivity index (χ1v) is 16.5. The maximum atomic E-state index is 4.94. The number of benzene rings is 8. The van der Waals surface area contributed by atoms with Crippen LogP contribution in [0.1, 0.15) is 0 Å². The molecule has 0 saturated heterocycles. The monoisotopic (exact) mass is 624 g/mol. The van der Waals surface area contributed by atoms with E-state index in [1.54, 1.807) is 0 Å². The van der Waals surface area contributed by atoms with Gasteiger partial charge in [0.1, 0.15) is 0 Å². The van der Waals surface area contributed by atoms with Crippen LogP contribution in [0.15, 0.2) is 170 Å². The molecule has 10 rings (SSSR count). The Kier molecular flexibility index (Phi) is 6.15. The molecule has 228 valence electrons. The van der Waals surface area contributed by atoms with Gasteiger partial charge in [0.25, 0.3) is 0 Å². The van der Waals surface area contributed by atoms with Crippen LogP contribution in [0.3, 0.4) is 0 Å². The van der Waals surface area contributed by atoms with Crippen LogP contribution in [-0.4, -0.2) is 19.5 Å². The summed E-state index contributed by atoms with van der Waals surface area (Å²) in [5.74, 6) is 1.96. The lowest BCUT2D eigenvalue weighted by atomic mass is 9.94. The Balaban J connectivity index is 1.15. The molecule has 4 heteroatoms. The highest BCUT2D eigenvalue weighted by Crippen LogP contribution is 2.41. The number of hydrogen-bond acceptors (Lipinski definition) is 3. The molecule has 0 aliphatic rings. The topological polar surface area (TPSA) is 43.6 Å². The van der Waals surface area contributed by atoms with Gasteiger partial charge < -0.3 is 4.57 Å². The quantitative estimate of drug-likeness (QED) is 0.183. The summed E-state index contributed by atoms with van der Waals surface area (Å²) in [6, 6.07) is 59.8. The third-order valence-electron chi connectivity index (χ3n) is 9.62. The second-order valence-corrected chi connectivity index (χ2v) is 12.4. The molecule has 0 bridgehead atoms. The zero-order chi connectivity index (χ0) is 32.3. The Hall–Kier alpha value is -6.65. The molecule has 49 heavy (non-hydrogen) atoms. The van der Waals surface area contributed by atoms with Crippen molar-refractivity contribution in [3.8, 4) is 39.9 Å². The summed E-state index contributed by atoms with van der Waals surface area (Å²) in [6.45, 7) is 0. The van der Waals surface area contributed by atoms with Crippen molar-refractivity contribution in [2.75, 3.05) is 0 Å². The van der Waals surface area contributed by atoms with Gasteiger partial charge in [0.2, 0.25) is 0 Å². The molecule has 0 fully saturated rings. The van der Waals surface area contributed by atoms with Crippen LogP contribution in [0.4, 0.5) is 0 Å². The van der Waals surface area contributed by atoms with Crippen LogP contribution in [0.2, 0.25) is 0 Å². The molecular weight excluding hydrogens is 597 g/mol. The van der Waals surface area contributed by atoms with E-state index in [4.69, 9.17) is 15.0 Å². The zero-order valence-electron chi connectivity index (χ0n) is 26.5. The minimum Gasteiger partial charge on any atom is -0.309 e. The van der Waals surface area contributed by atoms with E-state index in [1.165, 1.54) is 54.1 Å². The van der Waals surface area contributed by atoms with Crippen LogP contribution in [0.5, 0.6) is 0 Å². The normalized spacial score (nSPS) is 11.7. The summed E-state index contributed by atoms with van der Waals surface area (Å²) in [6.07, 6.45) is 0. The van der Waals surface area contributed by atoms with Crippen molar-refractivity contribution in [2.45, 2.75) is 0 Å². The Morgan fingerprint density at radius 2 is 0.816 bits per heavy atom. The smallest absolute Gasteiger partial charge is 0.164 e. The Morgan fingerprint density at radius 3 is 1.51 bits per heavy atom. The lowest BCUT2D eigenvalue weighted by Crippen LogP contribution is -2.00. The SMILES string of the molecule is c1ccc(-c2nc(-c3ccccc3)nc(-c3ccc(-n4c5ccccc5c5c6ccc7ccc8ccccc8c7c6ccc54)cc3)n2)cc1. The largest absolute Gasteiger partial charge is 0.309 e. The second kappa shape index (κ2) is 11.0. The summed E-state index contributed by atoms with van der Waals surface area (Å²) < 4.78 is 2.37. The van der Waals surface area contributed by atoms with Gasteiger partial charge in [-0.05, 0) is 68.7 Å². The minimum absolute atomic E-state index is 0.645. The predicted molar refractivity (Wildman–Crippen MR) is 203 cm³/mol. The van der Waals surface area contributed by atoms with Gasteiger partial charge in [-0.2, -0.15) is 0 Å². The minimum atomic E-state index is 0.645. The number of nitrogens with zero attached hydrogens (tertiary/aromatic N) is 4. The van der Waals surface area contributed by atoms with Gasteiger partial charge >= 0.3 is 0 Å². The fraction of sp³-hybridized carbons (Fsp3) is 0. The van der Waals surface area contributed by atoms with Crippen molar-refractivity contribution in [2.24, 2.45) is 0 Å². The highest BCUT2D eigenvalue weighted by atomic mass is 15.0. The molecule has 0 spiro atoms. The van der Waals surface area contributed by atoms with Crippen molar-refractivity contribution in [3.63, 3.8) is 0 Å². The first-order valence-electron chi connectivity index (χ1n) is 16.5. The Labute approximate surface area is 282 Å². The van der Waals surface area contributed by atoms with E-state index in [2.05, 4.69) is 114 Å². The van der Waals surface area contributed by atoms with Crippen LogP contribution >= 0.6 is 0 Å². The molecule has 2 aromatic heterocycles. The average molecular weight is 625 g/mol. The maximum Gasteiger partial charge on any atom is 0.164 e. The van der Waals surface area contributed by atoms with E-state index in [-0.39, 0.29) is 0 Å². The van der Waals surface area contributed by atoms with Gasteiger partial charge in [-0.3, -0.25) is 0 Å². The van der Waals surface area contributed by atoms with Crippen LogP contribution < -0.4 is 0 Å². The maximum absolute atomic E-state index is 4.94. The van der Waals surface area contributed by atoms with Gasteiger partial charge in [-0.1, -0.05) is 133 Å². The van der Waals surface area contributed by atoms with Crippen molar-refractivity contribution < 1.29 is 0 Å². The zero-order valence-corrected chi connectivity index (χ0v) is 26.5. The molecule has 0 radical (unpaired) electrons. The van der Waals surface area contributed by atoms with Gasteiger partial charge in [0, 0.05) is 33.2 Å². The van der Waals surface area contributed by atoms with Crippen LogP contribution in [0, 0.1) is 0 Å². The van der Waals surface area contributed by atoms with Crippen molar-refractivity contribution in [3.05, 3.63) is 170 Å². The molecule has 0 saturated carbocycles. The third-order valence-corrected chi connectivity index (χ3v) is 9.62. The van der Waals surface area contributed by atoms with E-state index in [0.717, 1.165) is 22.4 Å². The molecule has 4 nitrogen and oxygen atoms in total. The first kappa shape index (κ1) is 27.5. The van der Waals surface area contributed by atoms with Crippen molar-refractivity contribution in [1.82, 2.24) is 19.5 Å². The second-order valence-electron chi connectivity index (χ2n) is 12.4. The van der Waals surface area contributed by atoms with Gasteiger partial charge in [0.15, 0.2) is 17.5 Å². The molecule has 0 amide bonds. The predicted octanol–water partition coefficient (Wildman–Crippen LogP) is 11.4. The van der Waals surface area contributed by atoms with Gasteiger partial charge in [-0.25, -0.2) is 15.0 Å². The average Bonchev–Trinajstić information content (AvgIpc) is 3.53. The molecule has 0 atom stereocenters. The summed E-state index contributed by atoms with van der Waals surface area (Å²) in [7, 11) is 0. The van der Waals surface area contributed by atoms with E-state index >= 15 is 0 Å². The molecule has 8 aromatic carbocycles. The summed E-state index contributed by atoms with van der Waals surface area (Å²) in [5.41, 5.74) is 6.29. The van der Waals surface area contributed by atoms with Crippen molar-refractivity contribution >= 4 is 54.1 Å². The molecule has 0 unspecified atom stereocenters. The van der Waals surface area contributed by atoms with Gasteiger partial charge in [0.05, 0.1) is 11.0 Å². The van der Waals surface area contributed by atoms with E-state index < -0.39 is 0 Å². The number of fused-ring (bicyclic) bond motifs is 9.